The molecule has 7 nitrogen and oxygen atoms in total. The quantitative estimate of drug-likeness (QED) is 0.451. The maximum absolute atomic E-state index is 12.5. The number of rotatable bonds is 7. The van der Waals surface area contributed by atoms with E-state index in [9.17, 15) is 9.59 Å². The molecule has 0 aliphatic carbocycles. The molecule has 3 aromatic rings. The van der Waals surface area contributed by atoms with Gasteiger partial charge in [0, 0.05) is 17.7 Å². The van der Waals surface area contributed by atoms with E-state index in [-0.39, 0.29) is 5.91 Å². The lowest BCUT2D eigenvalue weighted by molar-refractivity contribution is 0.0460. The fourth-order valence-electron chi connectivity index (χ4n) is 3.23. The van der Waals surface area contributed by atoms with Crippen molar-refractivity contribution in [3.63, 3.8) is 0 Å². The Labute approximate surface area is 187 Å². The molecule has 0 fully saturated rings. The molecule has 2 amide bonds. The molecule has 0 radical (unpaired) electrons. The minimum Gasteiger partial charge on any atom is -0.455 e. The number of anilines is 2. The van der Waals surface area contributed by atoms with E-state index in [4.69, 9.17) is 20.9 Å². The third-order valence-electron chi connectivity index (χ3n) is 4.74. The molecule has 0 heterocycles. The highest BCUT2D eigenvalue weighted by Gasteiger charge is 2.22. The van der Waals surface area contributed by atoms with Gasteiger partial charge in [-0.1, -0.05) is 29.8 Å². The molecule has 0 spiro atoms. The van der Waals surface area contributed by atoms with Crippen molar-refractivity contribution in [1.29, 1.82) is 0 Å². The Kier molecular flexibility index (Phi) is 6.68. The standard InChI is InChI=1S/C25H27N3O4/c1-16-4-9-19(10-5-16)28-23(29)18-8-13-22(21(26)14-18)31-20-11-6-17(7-12-20)15-25(2,3)32-24(27)30/h4-14H,15,26H2,1-3H3,(H2,27,30)(H,28,29). The number of primary amides is 1. The minimum absolute atomic E-state index is 0.253. The molecule has 0 unspecified atom stereocenters. The third-order valence-corrected chi connectivity index (χ3v) is 4.74. The van der Waals surface area contributed by atoms with Crippen molar-refractivity contribution < 1.29 is 19.1 Å². The van der Waals surface area contributed by atoms with Crippen LogP contribution in [0, 0.1) is 6.92 Å². The van der Waals surface area contributed by atoms with Gasteiger partial charge in [-0.05, 0) is 68.8 Å². The van der Waals surface area contributed by atoms with Gasteiger partial charge in [-0.3, -0.25) is 4.79 Å². The highest BCUT2D eigenvalue weighted by molar-refractivity contribution is 6.05. The number of amides is 2. The zero-order chi connectivity index (χ0) is 23.3. The molecule has 5 N–H and O–H groups in total. The lowest BCUT2D eigenvalue weighted by Crippen LogP contribution is -2.33. The van der Waals surface area contributed by atoms with Crippen LogP contribution in [0.3, 0.4) is 0 Å². The summed E-state index contributed by atoms with van der Waals surface area (Å²) in [5.41, 5.74) is 14.1. The summed E-state index contributed by atoms with van der Waals surface area (Å²) in [6.45, 7) is 5.57. The Hall–Kier alpha value is -4.00. The number of carbonyl (C=O) groups excluding carboxylic acids is 2. The SMILES string of the molecule is Cc1ccc(NC(=O)c2ccc(Oc3ccc(CC(C)(C)OC(N)=O)cc3)c(N)c2)cc1. The van der Waals surface area contributed by atoms with Crippen molar-refractivity contribution >= 4 is 23.4 Å². The van der Waals surface area contributed by atoms with Gasteiger partial charge < -0.3 is 26.3 Å². The molecular weight excluding hydrogens is 406 g/mol. The van der Waals surface area contributed by atoms with E-state index in [0.29, 0.717) is 34.9 Å². The van der Waals surface area contributed by atoms with Crippen molar-refractivity contribution in [2.75, 3.05) is 11.1 Å². The highest BCUT2D eigenvalue weighted by Crippen LogP contribution is 2.29. The van der Waals surface area contributed by atoms with E-state index in [1.807, 2.05) is 43.3 Å². The van der Waals surface area contributed by atoms with Crippen molar-refractivity contribution in [3.8, 4) is 11.5 Å². The van der Waals surface area contributed by atoms with Crippen molar-refractivity contribution in [1.82, 2.24) is 0 Å². The third kappa shape index (κ3) is 6.25. The van der Waals surface area contributed by atoms with Crippen molar-refractivity contribution in [3.05, 3.63) is 83.4 Å². The first-order valence-corrected chi connectivity index (χ1v) is 10.1. The minimum atomic E-state index is -0.804. The predicted molar refractivity (Wildman–Crippen MR) is 125 cm³/mol. The number of hydrogen-bond donors (Lipinski definition) is 3. The lowest BCUT2D eigenvalue weighted by atomic mass is 9.98. The average molecular weight is 434 g/mol. The Morgan fingerprint density at radius 1 is 0.969 bits per heavy atom. The summed E-state index contributed by atoms with van der Waals surface area (Å²) in [5, 5.41) is 2.84. The van der Waals surface area contributed by atoms with Gasteiger partial charge in [0.1, 0.15) is 17.1 Å². The van der Waals surface area contributed by atoms with Crippen LogP contribution in [0.1, 0.15) is 35.3 Å². The summed E-state index contributed by atoms with van der Waals surface area (Å²) in [6, 6.07) is 19.8. The van der Waals surface area contributed by atoms with E-state index in [0.717, 1.165) is 11.1 Å². The summed E-state index contributed by atoms with van der Waals surface area (Å²) in [6.07, 6.45) is -0.301. The number of nitrogens with one attached hydrogen (secondary N) is 1. The van der Waals surface area contributed by atoms with Crippen LogP contribution in [-0.2, 0) is 11.2 Å². The first-order valence-electron chi connectivity index (χ1n) is 10.1. The smallest absolute Gasteiger partial charge is 0.405 e. The van der Waals surface area contributed by atoms with Crippen molar-refractivity contribution in [2.24, 2.45) is 5.73 Å². The van der Waals surface area contributed by atoms with Crippen LogP contribution < -0.4 is 21.5 Å². The molecule has 3 rings (SSSR count). The predicted octanol–water partition coefficient (Wildman–Crippen LogP) is 5.04. The number of hydrogen-bond acceptors (Lipinski definition) is 5. The summed E-state index contributed by atoms with van der Waals surface area (Å²) in [5.74, 6) is 0.783. The maximum atomic E-state index is 12.5. The Bertz CT molecular complexity index is 1110. The molecule has 0 aliphatic heterocycles. The van der Waals surface area contributed by atoms with Gasteiger partial charge in [-0.15, -0.1) is 0 Å². The summed E-state index contributed by atoms with van der Waals surface area (Å²) < 4.78 is 11.0. The van der Waals surface area contributed by atoms with Gasteiger partial charge in [-0.25, -0.2) is 4.79 Å². The summed E-state index contributed by atoms with van der Waals surface area (Å²) in [7, 11) is 0. The van der Waals surface area contributed by atoms with E-state index < -0.39 is 11.7 Å². The van der Waals surface area contributed by atoms with Gasteiger partial charge in [0.15, 0.2) is 0 Å². The van der Waals surface area contributed by atoms with E-state index in [2.05, 4.69) is 5.32 Å². The van der Waals surface area contributed by atoms with Crippen LogP contribution in [0.5, 0.6) is 11.5 Å². The van der Waals surface area contributed by atoms with Gasteiger partial charge in [0.25, 0.3) is 5.91 Å². The van der Waals surface area contributed by atoms with Crippen molar-refractivity contribution in [2.45, 2.75) is 32.8 Å². The zero-order valence-corrected chi connectivity index (χ0v) is 18.3. The van der Waals surface area contributed by atoms with Gasteiger partial charge in [0.2, 0.25) is 0 Å². The molecule has 7 heteroatoms. The van der Waals surface area contributed by atoms with Crippen LogP contribution in [0.2, 0.25) is 0 Å². The molecule has 166 valence electrons. The largest absolute Gasteiger partial charge is 0.455 e. The van der Waals surface area contributed by atoms with Gasteiger partial charge in [0.05, 0.1) is 5.69 Å². The summed E-state index contributed by atoms with van der Waals surface area (Å²) >= 11 is 0. The molecule has 0 aliphatic rings. The number of ether oxygens (including phenoxy) is 2. The summed E-state index contributed by atoms with van der Waals surface area (Å²) in [4.78, 5) is 23.5. The zero-order valence-electron chi connectivity index (χ0n) is 18.3. The van der Waals surface area contributed by atoms with Gasteiger partial charge in [-0.2, -0.15) is 0 Å². The monoisotopic (exact) mass is 433 g/mol. The van der Waals surface area contributed by atoms with Crippen LogP contribution in [0.25, 0.3) is 0 Å². The molecule has 0 aromatic heterocycles. The number of nitrogens with two attached hydrogens (primary N) is 2. The lowest BCUT2D eigenvalue weighted by Gasteiger charge is -2.24. The normalized spacial score (nSPS) is 11.0. The number of carbonyl (C=O) groups is 2. The second-order valence-corrected chi connectivity index (χ2v) is 8.18. The fraction of sp³-hybridized carbons (Fsp3) is 0.200. The second kappa shape index (κ2) is 9.43. The van der Waals surface area contributed by atoms with E-state index in [1.54, 1.807) is 44.2 Å². The molecule has 0 saturated carbocycles. The maximum Gasteiger partial charge on any atom is 0.405 e. The Balaban J connectivity index is 1.64. The number of benzene rings is 3. The van der Waals surface area contributed by atoms with Crippen LogP contribution in [0.15, 0.2) is 66.7 Å². The Morgan fingerprint density at radius 3 is 2.22 bits per heavy atom. The molecule has 32 heavy (non-hydrogen) atoms. The second-order valence-electron chi connectivity index (χ2n) is 8.18. The van der Waals surface area contributed by atoms with Gasteiger partial charge >= 0.3 is 6.09 Å². The van der Waals surface area contributed by atoms with Crippen LogP contribution >= 0.6 is 0 Å². The molecule has 0 atom stereocenters. The molecule has 0 bridgehead atoms. The first-order chi connectivity index (χ1) is 15.1. The van der Waals surface area contributed by atoms with Crippen LogP contribution in [0.4, 0.5) is 16.2 Å². The number of nitrogen functional groups attached to an aromatic ring is 1. The molecular formula is C25H27N3O4. The highest BCUT2D eigenvalue weighted by atomic mass is 16.6. The molecule has 0 saturated heterocycles. The average Bonchev–Trinajstić information content (AvgIpc) is 2.71. The van der Waals surface area contributed by atoms with E-state index in [1.165, 1.54) is 0 Å². The van der Waals surface area contributed by atoms with Crippen LogP contribution in [-0.4, -0.2) is 17.6 Å². The first kappa shape index (κ1) is 22.7. The van der Waals surface area contributed by atoms with E-state index >= 15 is 0 Å². The topological polar surface area (TPSA) is 117 Å². The number of aryl methyl sites for hydroxylation is 1. The molecule has 3 aromatic carbocycles. The Morgan fingerprint density at radius 2 is 1.62 bits per heavy atom. The fourth-order valence-corrected chi connectivity index (χ4v) is 3.23.